The van der Waals surface area contributed by atoms with Crippen molar-refractivity contribution in [2.75, 3.05) is 19.8 Å². The van der Waals surface area contributed by atoms with Crippen molar-refractivity contribution >= 4 is 11.9 Å². The fraction of sp³-hybridized carbons (Fsp3) is 0.719. The van der Waals surface area contributed by atoms with Crippen molar-refractivity contribution in [3.05, 3.63) is 85.1 Å². The molecule has 0 aromatic carbocycles. The SMILES string of the molecule is CC/C=C\C/C=C\C/C=C\C/C=C\CCCCCCCOCC(COC(=O)CCCCCCC/C=C\C/C=C\CCCCC)OC(=O)CCCCCCC/C=C\CCCCCC. The number of hydrogen-bond acceptors (Lipinski definition) is 5. The van der Waals surface area contributed by atoms with Gasteiger partial charge in [0.2, 0.25) is 0 Å². The number of hydrogen-bond donors (Lipinski definition) is 0. The standard InChI is InChI=1S/C57H98O5/c1-4-7-10-13-16-19-22-25-27-28-29-31-34-37-40-43-46-49-52-60-53-55(62-57(59)51-48-45-42-39-36-32-24-21-18-15-12-9-6-3)54-61-56(58)50-47-44-41-38-35-33-30-26-23-20-17-14-11-8-5-2/h7,10,16-17,19-21,24-27,29-31,55H,4-6,8-9,11-15,18,22-23,28,32-54H2,1-3H3/b10-7-,19-16-,20-17-,24-21-,27-25-,30-26-,31-29-. The van der Waals surface area contributed by atoms with E-state index in [1.165, 1.54) is 103 Å². The van der Waals surface area contributed by atoms with Gasteiger partial charge in [-0.3, -0.25) is 9.59 Å². The van der Waals surface area contributed by atoms with Gasteiger partial charge in [0, 0.05) is 19.4 Å². The molecule has 0 bridgehead atoms. The van der Waals surface area contributed by atoms with Gasteiger partial charge in [-0.15, -0.1) is 0 Å². The number of esters is 2. The van der Waals surface area contributed by atoms with Crippen LogP contribution in [0, 0.1) is 0 Å². The van der Waals surface area contributed by atoms with Gasteiger partial charge in [0.1, 0.15) is 6.61 Å². The molecule has 1 unspecified atom stereocenters. The third-order valence-electron chi connectivity index (χ3n) is 10.9. The Balaban J connectivity index is 4.34. The molecule has 5 nitrogen and oxygen atoms in total. The largest absolute Gasteiger partial charge is 0.462 e. The number of rotatable bonds is 47. The van der Waals surface area contributed by atoms with E-state index in [2.05, 4.69) is 106 Å². The number of carbonyl (C=O) groups is 2. The summed E-state index contributed by atoms with van der Waals surface area (Å²) in [5.41, 5.74) is 0. The topological polar surface area (TPSA) is 61.8 Å². The highest BCUT2D eigenvalue weighted by atomic mass is 16.6. The van der Waals surface area contributed by atoms with Crippen LogP contribution in [0.1, 0.15) is 239 Å². The zero-order valence-electron chi connectivity index (χ0n) is 40.9. The van der Waals surface area contributed by atoms with Crippen LogP contribution < -0.4 is 0 Å². The van der Waals surface area contributed by atoms with Crippen molar-refractivity contribution in [2.45, 2.75) is 245 Å². The van der Waals surface area contributed by atoms with Crippen LogP contribution in [0.5, 0.6) is 0 Å². The maximum Gasteiger partial charge on any atom is 0.306 e. The number of allylic oxidation sites excluding steroid dienone is 14. The molecular weight excluding hydrogens is 765 g/mol. The Labute approximate surface area is 384 Å². The molecule has 0 aliphatic rings. The van der Waals surface area contributed by atoms with E-state index in [4.69, 9.17) is 14.2 Å². The Bertz CT molecular complexity index is 1160. The molecule has 0 rings (SSSR count). The summed E-state index contributed by atoms with van der Waals surface area (Å²) in [7, 11) is 0. The number of ether oxygens (including phenoxy) is 3. The Morgan fingerprint density at radius 3 is 1.21 bits per heavy atom. The Kier molecular flexibility index (Phi) is 50.0. The summed E-state index contributed by atoms with van der Waals surface area (Å²) in [4.78, 5) is 25.4. The van der Waals surface area contributed by atoms with Crippen LogP contribution in [0.4, 0.5) is 0 Å². The van der Waals surface area contributed by atoms with E-state index in [1.54, 1.807) is 0 Å². The van der Waals surface area contributed by atoms with E-state index in [0.717, 1.165) is 103 Å². The maximum absolute atomic E-state index is 12.8. The third-order valence-corrected chi connectivity index (χ3v) is 10.9. The average molecular weight is 863 g/mol. The second-order valence-corrected chi connectivity index (χ2v) is 17.0. The first-order valence-corrected chi connectivity index (χ1v) is 26.1. The van der Waals surface area contributed by atoms with Crippen molar-refractivity contribution in [3.63, 3.8) is 0 Å². The molecule has 0 amide bonds. The van der Waals surface area contributed by atoms with Gasteiger partial charge in [0.05, 0.1) is 6.61 Å². The van der Waals surface area contributed by atoms with E-state index in [-0.39, 0.29) is 25.2 Å². The van der Waals surface area contributed by atoms with Crippen LogP contribution in [0.2, 0.25) is 0 Å². The van der Waals surface area contributed by atoms with Crippen molar-refractivity contribution in [1.82, 2.24) is 0 Å². The monoisotopic (exact) mass is 863 g/mol. The number of unbranched alkanes of at least 4 members (excludes halogenated alkanes) is 22. The summed E-state index contributed by atoms with van der Waals surface area (Å²) in [5, 5.41) is 0. The molecule has 0 aromatic heterocycles. The summed E-state index contributed by atoms with van der Waals surface area (Å²) >= 11 is 0. The molecule has 0 spiro atoms. The summed E-state index contributed by atoms with van der Waals surface area (Å²) < 4.78 is 17.4. The van der Waals surface area contributed by atoms with Crippen LogP contribution in [0.15, 0.2) is 85.1 Å². The Morgan fingerprint density at radius 2 is 0.726 bits per heavy atom. The predicted molar refractivity (Wildman–Crippen MR) is 270 cm³/mol. The van der Waals surface area contributed by atoms with Crippen LogP contribution in [-0.4, -0.2) is 37.9 Å². The molecule has 5 heteroatoms. The van der Waals surface area contributed by atoms with Crippen molar-refractivity contribution in [3.8, 4) is 0 Å². The van der Waals surface area contributed by atoms with Gasteiger partial charge in [0.25, 0.3) is 0 Å². The molecule has 0 saturated heterocycles. The molecule has 0 radical (unpaired) electrons. The number of carbonyl (C=O) groups excluding carboxylic acids is 2. The van der Waals surface area contributed by atoms with Crippen molar-refractivity contribution in [2.24, 2.45) is 0 Å². The molecule has 0 aliphatic carbocycles. The lowest BCUT2D eigenvalue weighted by Gasteiger charge is -2.18. The molecule has 0 saturated carbocycles. The van der Waals surface area contributed by atoms with E-state index < -0.39 is 6.10 Å². The van der Waals surface area contributed by atoms with E-state index in [9.17, 15) is 9.59 Å². The molecule has 0 fully saturated rings. The first-order valence-electron chi connectivity index (χ1n) is 26.1. The molecule has 0 aromatic rings. The zero-order valence-corrected chi connectivity index (χ0v) is 40.9. The Morgan fingerprint density at radius 1 is 0.371 bits per heavy atom. The highest BCUT2D eigenvalue weighted by Crippen LogP contribution is 2.13. The molecule has 0 aliphatic heterocycles. The lowest BCUT2D eigenvalue weighted by Crippen LogP contribution is -2.30. The highest BCUT2D eigenvalue weighted by molar-refractivity contribution is 5.70. The first kappa shape index (κ1) is 59.1. The normalized spacial score (nSPS) is 12.9. The minimum Gasteiger partial charge on any atom is -0.462 e. The zero-order chi connectivity index (χ0) is 44.9. The average Bonchev–Trinajstić information content (AvgIpc) is 3.27. The molecular formula is C57H98O5. The molecule has 62 heavy (non-hydrogen) atoms. The molecule has 0 N–H and O–H groups in total. The first-order chi connectivity index (χ1) is 30.6. The van der Waals surface area contributed by atoms with Gasteiger partial charge in [0.15, 0.2) is 6.10 Å². The maximum atomic E-state index is 12.8. The summed E-state index contributed by atoms with van der Waals surface area (Å²) in [6, 6.07) is 0. The quantitative estimate of drug-likeness (QED) is 0.0346. The highest BCUT2D eigenvalue weighted by Gasteiger charge is 2.17. The molecule has 1 atom stereocenters. The summed E-state index contributed by atoms with van der Waals surface area (Å²) in [6.07, 6.45) is 68.7. The van der Waals surface area contributed by atoms with Gasteiger partial charge in [-0.2, -0.15) is 0 Å². The van der Waals surface area contributed by atoms with Gasteiger partial charge in [-0.25, -0.2) is 0 Å². The predicted octanol–water partition coefficient (Wildman–Crippen LogP) is 17.7. The molecule has 356 valence electrons. The lowest BCUT2D eigenvalue weighted by atomic mass is 10.1. The summed E-state index contributed by atoms with van der Waals surface area (Å²) in [5.74, 6) is -0.434. The van der Waals surface area contributed by atoms with Crippen LogP contribution >= 0.6 is 0 Å². The van der Waals surface area contributed by atoms with Crippen molar-refractivity contribution < 1.29 is 23.8 Å². The Hall–Kier alpha value is -2.92. The summed E-state index contributed by atoms with van der Waals surface area (Å²) in [6.45, 7) is 7.61. The van der Waals surface area contributed by atoms with Crippen LogP contribution in [0.25, 0.3) is 0 Å². The van der Waals surface area contributed by atoms with Gasteiger partial charge in [-0.1, -0.05) is 196 Å². The second kappa shape index (κ2) is 52.4. The fourth-order valence-corrected chi connectivity index (χ4v) is 7.00. The fourth-order valence-electron chi connectivity index (χ4n) is 7.00. The minimum atomic E-state index is -0.559. The molecule has 0 heterocycles. The van der Waals surface area contributed by atoms with Gasteiger partial charge in [-0.05, 0) is 116 Å². The van der Waals surface area contributed by atoms with Gasteiger partial charge < -0.3 is 14.2 Å². The second-order valence-electron chi connectivity index (χ2n) is 17.0. The smallest absolute Gasteiger partial charge is 0.306 e. The van der Waals surface area contributed by atoms with Gasteiger partial charge >= 0.3 is 11.9 Å². The van der Waals surface area contributed by atoms with Crippen LogP contribution in [-0.2, 0) is 23.8 Å². The van der Waals surface area contributed by atoms with E-state index in [1.807, 2.05) is 0 Å². The van der Waals surface area contributed by atoms with E-state index in [0.29, 0.717) is 19.4 Å². The lowest BCUT2D eigenvalue weighted by molar-refractivity contribution is -0.163. The van der Waals surface area contributed by atoms with Crippen LogP contribution in [0.3, 0.4) is 0 Å². The van der Waals surface area contributed by atoms with Crippen molar-refractivity contribution in [1.29, 1.82) is 0 Å². The minimum absolute atomic E-state index is 0.0637. The van der Waals surface area contributed by atoms with E-state index >= 15 is 0 Å². The third kappa shape index (κ3) is 49.7.